The first-order valence-corrected chi connectivity index (χ1v) is 6.47. The molecule has 0 aromatic carbocycles. The number of hydrogen-bond donors (Lipinski definition) is 1. The Hall–Kier alpha value is -0.240. The van der Waals surface area contributed by atoms with E-state index in [0.29, 0.717) is 12.5 Å². The van der Waals surface area contributed by atoms with Crippen LogP contribution in [0.25, 0.3) is 0 Å². The van der Waals surface area contributed by atoms with Crippen molar-refractivity contribution < 1.29 is 4.79 Å². The molecule has 1 atom stereocenters. The molecule has 1 unspecified atom stereocenters. The first kappa shape index (κ1) is 13.8. The van der Waals surface area contributed by atoms with Crippen LogP contribution in [0.5, 0.6) is 0 Å². The van der Waals surface area contributed by atoms with Crippen LogP contribution in [-0.4, -0.2) is 17.8 Å². The number of halogens is 1. The lowest BCUT2D eigenvalue weighted by atomic mass is 10.0. The van der Waals surface area contributed by atoms with Crippen molar-refractivity contribution >= 4 is 17.5 Å². The third-order valence-electron chi connectivity index (χ3n) is 4.48. The standard InChI is InChI=1S/C13H24ClNO/c1-8(2)9(14)7-15-11(16)10-12(3,4)13(10,5)6/h8-10H,7H2,1-6H3,(H,15,16). The van der Waals surface area contributed by atoms with Crippen LogP contribution in [-0.2, 0) is 4.79 Å². The number of carbonyl (C=O) groups excluding carboxylic acids is 1. The van der Waals surface area contributed by atoms with Crippen LogP contribution in [0.4, 0.5) is 0 Å². The lowest BCUT2D eigenvalue weighted by molar-refractivity contribution is -0.123. The van der Waals surface area contributed by atoms with E-state index in [0.717, 1.165) is 0 Å². The molecule has 0 aliphatic heterocycles. The molecule has 1 aliphatic rings. The summed E-state index contributed by atoms with van der Waals surface area (Å²) in [6, 6.07) is 0. The smallest absolute Gasteiger partial charge is 0.224 e. The molecule has 16 heavy (non-hydrogen) atoms. The summed E-state index contributed by atoms with van der Waals surface area (Å²) in [6.45, 7) is 13.3. The fourth-order valence-electron chi connectivity index (χ4n) is 2.39. The molecule has 0 saturated heterocycles. The van der Waals surface area contributed by atoms with Crippen LogP contribution in [0.3, 0.4) is 0 Å². The van der Waals surface area contributed by atoms with E-state index >= 15 is 0 Å². The summed E-state index contributed by atoms with van der Waals surface area (Å²) in [7, 11) is 0. The van der Waals surface area contributed by atoms with Gasteiger partial charge in [0.15, 0.2) is 0 Å². The van der Waals surface area contributed by atoms with Crippen molar-refractivity contribution in [1.29, 1.82) is 0 Å². The lowest BCUT2D eigenvalue weighted by Crippen LogP contribution is -2.34. The summed E-state index contributed by atoms with van der Waals surface area (Å²) in [6.07, 6.45) is 0. The maximum Gasteiger partial charge on any atom is 0.224 e. The summed E-state index contributed by atoms with van der Waals surface area (Å²) in [4.78, 5) is 12.0. The second kappa shape index (κ2) is 4.21. The minimum atomic E-state index is 0.0222. The molecule has 1 amide bonds. The molecule has 0 radical (unpaired) electrons. The van der Waals surface area contributed by atoms with Gasteiger partial charge in [-0.3, -0.25) is 4.79 Å². The molecule has 0 spiro atoms. The Balaban J connectivity index is 2.45. The third kappa shape index (κ3) is 2.22. The van der Waals surface area contributed by atoms with Gasteiger partial charge in [-0.2, -0.15) is 0 Å². The highest BCUT2D eigenvalue weighted by Gasteiger charge is 2.68. The van der Waals surface area contributed by atoms with Crippen LogP contribution >= 0.6 is 11.6 Å². The Morgan fingerprint density at radius 2 is 1.69 bits per heavy atom. The zero-order chi connectivity index (χ0) is 12.7. The number of alkyl halides is 1. The van der Waals surface area contributed by atoms with Gasteiger partial charge in [0.05, 0.1) is 5.38 Å². The van der Waals surface area contributed by atoms with Crippen LogP contribution in [0, 0.1) is 22.7 Å². The highest BCUT2D eigenvalue weighted by atomic mass is 35.5. The van der Waals surface area contributed by atoms with Crippen LogP contribution < -0.4 is 5.32 Å². The largest absolute Gasteiger partial charge is 0.354 e. The molecule has 1 rings (SSSR count). The third-order valence-corrected chi connectivity index (χ3v) is 5.14. The van der Waals surface area contributed by atoms with Crippen LogP contribution in [0.15, 0.2) is 0 Å². The van der Waals surface area contributed by atoms with E-state index in [1.54, 1.807) is 0 Å². The minimum absolute atomic E-state index is 0.0222. The Morgan fingerprint density at radius 1 is 1.25 bits per heavy atom. The van der Waals surface area contributed by atoms with Crippen molar-refractivity contribution in [1.82, 2.24) is 5.32 Å². The van der Waals surface area contributed by atoms with E-state index in [1.165, 1.54) is 0 Å². The van der Waals surface area contributed by atoms with Gasteiger partial charge in [-0.15, -0.1) is 11.6 Å². The second-order valence-electron chi connectivity index (χ2n) is 6.38. The maximum absolute atomic E-state index is 12.0. The highest BCUT2D eigenvalue weighted by molar-refractivity contribution is 6.21. The number of rotatable bonds is 4. The van der Waals surface area contributed by atoms with Crippen molar-refractivity contribution in [2.24, 2.45) is 22.7 Å². The maximum atomic E-state index is 12.0. The monoisotopic (exact) mass is 245 g/mol. The summed E-state index contributed by atoms with van der Waals surface area (Å²) < 4.78 is 0. The van der Waals surface area contributed by atoms with Gasteiger partial charge in [-0.25, -0.2) is 0 Å². The lowest BCUT2D eigenvalue weighted by Gasteiger charge is -2.14. The zero-order valence-corrected chi connectivity index (χ0v) is 12.0. The average molecular weight is 246 g/mol. The van der Waals surface area contributed by atoms with E-state index in [2.05, 4.69) is 46.9 Å². The highest BCUT2D eigenvalue weighted by Crippen LogP contribution is 2.68. The molecule has 1 aliphatic carbocycles. The topological polar surface area (TPSA) is 29.1 Å². The second-order valence-corrected chi connectivity index (χ2v) is 6.94. The number of hydrogen-bond acceptors (Lipinski definition) is 1. The van der Waals surface area contributed by atoms with Gasteiger partial charge in [0.2, 0.25) is 5.91 Å². The van der Waals surface area contributed by atoms with Gasteiger partial charge >= 0.3 is 0 Å². The van der Waals surface area contributed by atoms with Gasteiger partial charge in [-0.1, -0.05) is 41.5 Å². The summed E-state index contributed by atoms with van der Waals surface area (Å²) in [5.74, 6) is 0.666. The summed E-state index contributed by atoms with van der Waals surface area (Å²) in [5.41, 5.74) is 0.216. The number of amides is 1. The van der Waals surface area contributed by atoms with Gasteiger partial charge in [-0.05, 0) is 16.7 Å². The fourth-order valence-corrected chi connectivity index (χ4v) is 2.46. The molecule has 1 fully saturated rings. The number of carbonyl (C=O) groups is 1. The van der Waals surface area contributed by atoms with Gasteiger partial charge in [0.1, 0.15) is 0 Å². The first-order valence-electron chi connectivity index (χ1n) is 6.04. The molecule has 1 saturated carbocycles. The Bertz CT molecular complexity index is 270. The van der Waals surface area contributed by atoms with Gasteiger partial charge < -0.3 is 5.32 Å². The molecule has 0 heterocycles. The molecule has 94 valence electrons. The van der Waals surface area contributed by atoms with E-state index in [4.69, 9.17) is 11.6 Å². The van der Waals surface area contributed by atoms with Gasteiger partial charge in [0.25, 0.3) is 0 Å². The van der Waals surface area contributed by atoms with Crippen molar-refractivity contribution in [2.75, 3.05) is 6.54 Å². The van der Waals surface area contributed by atoms with E-state index in [1.807, 2.05) is 0 Å². The molecular weight excluding hydrogens is 222 g/mol. The van der Waals surface area contributed by atoms with E-state index in [-0.39, 0.29) is 28.0 Å². The molecule has 1 N–H and O–H groups in total. The number of nitrogens with one attached hydrogen (secondary N) is 1. The van der Waals surface area contributed by atoms with Crippen molar-refractivity contribution in [2.45, 2.75) is 46.9 Å². The Morgan fingerprint density at radius 3 is 2.00 bits per heavy atom. The predicted octanol–water partition coefficient (Wildman–Crippen LogP) is 3.05. The molecule has 2 nitrogen and oxygen atoms in total. The summed E-state index contributed by atoms with van der Waals surface area (Å²) in [5, 5.41) is 2.99. The van der Waals surface area contributed by atoms with E-state index < -0.39 is 0 Å². The van der Waals surface area contributed by atoms with Crippen molar-refractivity contribution in [3.63, 3.8) is 0 Å². The molecule has 0 aromatic heterocycles. The zero-order valence-electron chi connectivity index (χ0n) is 11.2. The van der Waals surface area contributed by atoms with Crippen molar-refractivity contribution in [3.8, 4) is 0 Å². The summed E-state index contributed by atoms with van der Waals surface area (Å²) >= 11 is 6.11. The molecule has 3 heteroatoms. The average Bonchev–Trinajstić information content (AvgIpc) is 2.53. The SMILES string of the molecule is CC(C)C(Cl)CNC(=O)C1C(C)(C)C1(C)C. The van der Waals surface area contributed by atoms with Gasteiger partial charge in [0, 0.05) is 12.5 Å². The van der Waals surface area contributed by atoms with Crippen molar-refractivity contribution in [3.05, 3.63) is 0 Å². The first-order chi connectivity index (χ1) is 7.12. The molecular formula is C13H24ClNO. The fraction of sp³-hybridized carbons (Fsp3) is 0.923. The van der Waals surface area contributed by atoms with Crippen LogP contribution in [0.1, 0.15) is 41.5 Å². The molecule has 0 bridgehead atoms. The molecule has 0 aromatic rings. The minimum Gasteiger partial charge on any atom is -0.354 e. The Kier molecular flexibility index (Phi) is 3.64. The normalized spacial score (nSPS) is 24.2. The van der Waals surface area contributed by atoms with E-state index in [9.17, 15) is 4.79 Å². The predicted molar refractivity (Wildman–Crippen MR) is 68.5 cm³/mol. The Labute approximate surface area is 104 Å². The quantitative estimate of drug-likeness (QED) is 0.758. The van der Waals surface area contributed by atoms with Crippen LogP contribution in [0.2, 0.25) is 0 Å².